The number of carbonyl (C=O) groups excluding carboxylic acids is 1. The molecule has 0 saturated heterocycles. The lowest BCUT2D eigenvalue weighted by atomic mass is 9.99. The average molecular weight is 399 g/mol. The highest BCUT2D eigenvalue weighted by Crippen LogP contribution is 2.48. The molecule has 3 rings (SSSR count). The van der Waals surface area contributed by atoms with Gasteiger partial charge in [0.05, 0.1) is 31.5 Å². The molecule has 2 aromatic rings. The zero-order chi connectivity index (χ0) is 19.6. The second-order valence-electron chi connectivity index (χ2n) is 7.16. The molecule has 1 aliphatic carbocycles. The first kappa shape index (κ1) is 19.8. The highest BCUT2D eigenvalue weighted by atomic mass is 32.1. The number of rotatable bonds is 7. The Hall–Kier alpha value is -1.96. The third-order valence-electron chi connectivity index (χ3n) is 5.22. The topological polar surface area (TPSA) is 55.3 Å². The summed E-state index contributed by atoms with van der Waals surface area (Å²) in [5, 5.41) is 12.0. The Kier molecular flexibility index (Phi) is 5.83. The summed E-state index contributed by atoms with van der Waals surface area (Å²) in [4.78, 5) is 12.5. The van der Waals surface area contributed by atoms with Crippen molar-refractivity contribution in [2.24, 2.45) is 7.05 Å². The Labute approximate surface area is 161 Å². The molecule has 0 aromatic carbocycles. The van der Waals surface area contributed by atoms with Crippen LogP contribution < -0.4 is 4.57 Å². The number of esters is 1. The molecule has 1 saturated carbocycles. The van der Waals surface area contributed by atoms with Crippen LogP contribution >= 0.6 is 11.3 Å². The minimum absolute atomic E-state index is 0.0184. The number of thiophene rings is 1. The van der Waals surface area contributed by atoms with Crippen molar-refractivity contribution in [1.29, 1.82) is 0 Å². The second-order valence-corrected chi connectivity index (χ2v) is 8.12. The molecule has 1 aliphatic rings. The summed E-state index contributed by atoms with van der Waals surface area (Å²) < 4.78 is 36.1. The lowest BCUT2D eigenvalue weighted by Gasteiger charge is -2.10. The van der Waals surface area contributed by atoms with Gasteiger partial charge in [-0.2, -0.15) is 0 Å². The zero-order valence-corrected chi connectivity index (χ0v) is 16.4. The van der Waals surface area contributed by atoms with E-state index in [0.717, 1.165) is 12.4 Å². The molecule has 148 valence electrons. The number of halogens is 2. The summed E-state index contributed by atoms with van der Waals surface area (Å²) in [6.45, 7) is 3.07. The van der Waals surface area contributed by atoms with Gasteiger partial charge in [0.2, 0.25) is 5.92 Å². The molecule has 2 heterocycles. The summed E-state index contributed by atoms with van der Waals surface area (Å²) in [6, 6.07) is 0. The first-order chi connectivity index (χ1) is 12.8. The number of aromatic hydroxyl groups is 1. The van der Waals surface area contributed by atoms with Crippen molar-refractivity contribution in [2.75, 3.05) is 6.61 Å². The number of imidazole rings is 1. The highest BCUT2D eigenvalue weighted by Gasteiger charge is 2.41. The molecule has 0 spiro atoms. The summed E-state index contributed by atoms with van der Waals surface area (Å²) in [7, 11) is 1.97. The van der Waals surface area contributed by atoms with Gasteiger partial charge in [0.25, 0.3) is 5.82 Å². The Bertz CT molecular complexity index is 816. The largest absolute Gasteiger partial charge is 0.506 e. The van der Waals surface area contributed by atoms with Crippen LogP contribution in [-0.2, 0) is 29.5 Å². The Morgan fingerprint density at radius 2 is 2.30 bits per heavy atom. The molecule has 2 aromatic heterocycles. The van der Waals surface area contributed by atoms with E-state index in [1.807, 2.05) is 30.9 Å². The Morgan fingerprint density at radius 1 is 1.52 bits per heavy atom. The third kappa shape index (κ3) is 4.66. The molecule has 0 aliphatic heterocycles. The van der Waals surface area contributed by atoms with Crippen LogP contribution in [0.25, 0.3) is 0 Å². The fourth-order valence-corrected chi connectivity index (χ4v) is 4.48. The standard InChI is InChI=1S/C19H24F2N2O3S/c1-13-22(2)7-8-23(13)6-3-9-26-17(24)10-16-18(25)15(12-27-16)14-4-5-19(20,21)11-14/h7-8,12,14H,3-6,9-11H2,1-2H3/p+1. The van der Waals surface area contributed by atoms with E-state index >= 15 is 0 Å². The van der Waals surface area contributed by atoms with E-state index in [-0.39, 0.29) is 30.9 Å². The van der Waals surface area contributed by atoms with Crippen molar-refractivity contribution < 1.29 is 28.0 Å². The van der Waals surface area contributed by atoms with Gasteiger partial charge in [-0.15, -0.1) is 11.3 Å². The van der Waals surface area contributed by atoms with Crippen LogP contribution in [0.5, 0.6) is 5.75 Å². The van der Waals surface area contributed by atoms with Crippen molar-refractivity contribution in [2.45, 2.75) is 57.4 Å². The van der Waals surface area contributed by atoms with Crippen LogP contribution in [0.15, 0.2) is 17.8 Å². The fourth-order valence-electron chi connectivity index (χ4n) is 3.48. The van der Waals surface area contributed by atoms with Crippen molar-refractivity contribution in [3.8, 4) is 5.75 Å². The molecule has 0 radical (unpaired) electrons. The zero-order valence-electron chi connectivity index (χ0n) is 15.6. The maximum atomic E-state index is 13.4. The minimum Gasteiger partial charge on any atom is -0.506 e. The van der Waals surface area contributed by atoms with E-state index in [4.69, 9.17) is 4.74 Å². The van der Waals surface area contributed by atoms with Crippen molar-refractivity contribution >= 4 is 17.3 Å². The summed E-state index contributed by atoms with van der Waals surface area (Å²) >= 11 is 1.23. The lowest BCUT2D eigenvalue weighted by molar-refractivity contribution is -0.677. The smallest absolute Gasteiger partial charge is 0.311 e. The van der Waals surface area contributed by atoms with Gasteiger partial charge in [0.1, 0.15) is 18.1 Å². The van der Waals surface area contributed by atoms with Crippen LogP contribution in [0.3, 0.4) is 0 Å². The summed E-state index contributed by atoms with van der Waals surface area (Å²) in [5.41, 5.74) is 0.538. The Morgan fingerprint density at radius 3 is 2.93 bits per heavy atom. The van der Waals surface area contributed by atoms with Gasteiger partial charge in [-0.05, 0) is 17.7 Å². The van der Waals surface area contributed by atoms with Gasteiger partial charge in [-0.3, -0.25) is 4.79 Å². The van der Waals surface area contributed by atoms with E-state index in [1.54, 1.807) is 5.38 Å². The molecule has 1 atom stereocenters. The molecule has 5 nitrogen and oxygen atoms in total. The van der Waals surface area contributed by atoms with E-state index in [2.05, 4.69) is 4.57 Å². The number of hydrogen-bond donors (Lipinski definition) is 1. The van der Waals surface area contributed by atoms with Crippen LogP contribution in [0.2, 0.25) is 0 Å². The molecular weight excluding hydrogens is 374 g/mol. The first-order valence-electron chi connectivity index (χ1n) is 9.11. The van der Waals surface area contributed by atoms with E-state index in [1.165, 1.54) is 11.3 Å². The monoisotopic (exact) mass is 399 g/mol. The molecule has 0 amide bonds. The normalized spacial score (nSPS) is 18.7. The Balaban J connectivity index is 1.46. The number of carbonyl (C=O) groups is 1. The van der Waals surface area contributed by atoms with E-state index in [9.17, 15) is 18.7 Å². The van der Waals surface area contributed by atoms with Gasteiger partial charge in [-0.25, -0.2) is 17.9 Å². The second kappa shape index (κ2) is 7.96. The molecule has 1 fully saturated rings. The van der Waals surface area contributed by atoms with Gasteiger partial charge < -0.3 is 9.84 Å². The number of alkyl halides is 2. The molecule has 1 N–H and O–H groups in total. The van der Waals surface area contributed by atoms with Crippen molar-refractivity contribution in [3.05, 3.63) is 34.0 Å². The fraction of sp³-hybridized carbons (Fsp3) is 0.579. The minimum atomic E-state index is -2.66. The SMILES string of the molecule is Cc1n(CCCOC(=O)Cc2scc(C3CCC(F)(F)C3)c2O)cc[n+]1C. The summed E-state index contributed by atoms with van der Waals surface area (Å²) in [5.74, 6) is -2.31. The van der Waals surface area contributed by atoms with E-state index in [0.29, 0.717) is 29.9 Å². The average Bonchev–Trinajstić information content (AvgIpc) is 3.25. The molecule has 0 bridgehead atoms. The number of aryl methyl sites for hydroxylation is 2. The molecule has 8 heteroatoms. The van der Waals surface area contributed by atoms with Crippen molar-refractivity contribution in [1.82, 2.24) is 4.57 Å². The first-order valence-corrected chi connectivity index (χ1v) is 9.99. The number of hydrogen-bond acceptors (Lipinski definition) is 4. The quantitative estimate of drug-likeness (QED) is 0.441. The van der Waals surface area contributed by atoms with Gasteiger partial charge >= 0.3 is 5.97 Å². The summed E-state index contributed by atoms with van der Waals surface area (Å²) in [6.07, 6.45) is 4.59. The number of ether oxygens (including phenoxy) is 1. The number of aromatic nitrogens is 2. The molecular formula is C19H25F2N2O3S+. The van der Waals surface area contributed by atoms with Gasteiger partial charge in [0, 0.05) is 31.7 Å². The maximum Gasteiger partial charge on any atom is 0.311 e. The predicted molar refractivity (Wildman–Crippen MR) is 97.1 cm³/mol. The van der Waals surface area contributed by atoms with Gasteiger partial charge in [-0.1, -0.05) is 0 Å². The van der Waals surface area contributed by atoms with Crippen LogP contribution in [0.1, 0.15) is 47.9 Å². The lowest BCUT2D eigenvalue weighted by Crippen LogP contribution is -2.29. The molecule has 1 unspecified atom stereocenters. The van der Waals surface area contributed by atoms with Crippen molar-refractivity contribution in [3.63, 3.8) is 0 Å². The predicted octanol–water partition coefficient (Wildman–Crippen LogP) is 3.47. The maximum absolute atomic E-state index is 13.4. The number of nitrogens with zero attached hydrogens (tertiary/aromatic N) is 2. The third-order valence-corrected chi connectivity index (χ3v) is 6.21. The van der Waals surface area contributed by atoms with E-state index < -0.39 is 11.9 Å². The highest BCUT2D eigenvalue weighted by molar-refractivity contribution is 7.10. The van der Waals surface area contributed by atoms with Gasteiger partial charge in [0.15, 0.2) is 0 Å². The van der Waals surface area contributed by atoms with Crippen LogP contribution in [0.4, 0.5) is 8.78 Å². The van der Waals surface area contributed by atoms with Crippen LogP contribution in [0, 0.1) is 6.92 Å². The van der Waals surface area contributed by atoms with Crippen LogP contribution in [-0.4, -0.2) is 28.2 Å². The molecule has 27 heavy (non-hydrogen) atoms.